The highest BCUT2D eigenvalue weighted by atomic mass is 31.2. The second kappa shape index (κ2) is 7.08. The molecule has 0 aromatic carbocycles. The summed E-state index contributed by atoms with van der Waals surface area (Å²) >= 11 is 0. The first-order chi connectivity index (χ1) is 8.96. The first kappa shape index (κ1) is 16.2. The molecule has 19 heavy (non-hydrogen) atoms. The molecule has 6 nitrogen and oxygen atoms in total. The van der Waals surface area contributed by atoms with Gasteiger partial charge < -0.3 is 18.8 Å². The molecule has 1 N–H and O–H groups in total. The van der Waals surface area contributed by atoms with Gasteiger partial charge in [0, 0.05) is 13.5 Å². The van der Waals surface area contributed by atoms with Crippen molar-refractivity contribution in [3.05, 3.63) is 5.89 Å². The van der Waals surface area contributed by atoms with E-state index in [1.54, 1.807) is 20.9 Å². The van der Waals surface area contributed by atoms with Gasteiger partial charge in [0.2, 0.25) is 11.3 Å². The van der Waals surface area contributed by atoms with Crippen molar-refractivity contribution in [2.75, 3.05) is 25.6 Å². The molecule has 0 spiro atoms. The molecule has 0 aliphatic heterocycles. The zero-order valence-electron chi connectivity index (χ0n) is 12.2. The van der Waals surface area contributed by atoms with Crippen LogP contribution in [0.4, 0.5) is 5.88 Å². The van der Waals surface area contributed by atoms with Gasteiger partial charge in [0.05, 0.1) is 13.2 Å². The molecular formula is C12H23N2O4P. The summed E-state index contributed by atoms with van der Waals surface area (Å²) < 4.78 is 28.8. The second-order valence-corrected chi connectivity index (χ2v) is 6.38. The summed E-state index contributed by atoms with van der Waals surface area (Å²) in [5.74, 6) is 1.28. The monoisotopic (exact) mass is 290 g/mol. The van der Waals surface area contributed by atoms with E-state index in [9.17, 15) is 4.57 Å². The van der Waals surface area contributed by atoms with Crippen LogP contribution in [0.3, 0.4) is 0 Å². The Morgan fingerprint density at radius 2 is 1.89 bits per heavy atom. The average Bonchev–Trinajstić information content (AvgIpc) is 2.72. The molecule has 1 heterocycles. The molecule has 0 amide bonds. The second-order valence-electron chi connectivity index (χ2n) is 4.44. The minimum atomic E-state index is -3.42. The summed E-state index contributed by atoms with van der Waals surface area (Å²) in [5, 5.41) is 2.85. The first-order valence-electron chi connectivity index (χ1n) is 6.53. The van der Waals surface area contributed by atoms with E-state index in [2.05, 4.69) is 24.1 Å². The number of rotatable bonds is 8. The van der Waals surface area contributed by atoms with E-state index in [4.69, 9.17) is 13.5 Å². The molecule has 0 saturated carbocycles. The Kier molecular flexibility index (Phi) is 6.04. The molecule has 0 radical (unpaired) electrons. The molecule has 0 fully saturated rings. The van der Waals surface area contributed by atoms with E-state index in [0.717, 1.165) is 0 Å². The van der Waals surface area contributed by atoms with E-state index in [-0.39, 0.29) is 18.6 Å². The molecular weight excluding hydrogens is 267 g/mol. The molecule has 7 heteroatoms. The van der Waals surface area contributed by atoms with Crippen LogP contribution >= 0.6 is 7.60 Å². The van der Waals surface area contributed by atoms with Crippen molar-refractivity contribution in [1.29, 1.82) is 0 Å². The SMILES string of the molecule is CCOP(=O)(OCC)c1nc(CC(C)C)oc1NC. The van der Waals surface area contributed by atoms with Crippen LogP contribution < -0.4 is 10.8 Å². The zero-order chi connectivity index (χ0) is 14.5. The van der Waals surface area contributed by atoms with Crippen LogP contribution in [0, 0.1) is 5.92 Å². The lowest BCUT2D eigenvalue weighted by atomic mass is 10.1. The quantitative estimate of drug-likeness (QED) is 0.742. The van der Waals surface area contributed by atoms with Crippen LogP contribution in [0.1, 0.15) is 33.6 Å². The maximum Gasteiger partial charge on any atom is 0.385 e. The third-order valence-electron chi connectivity index (χ3n) is 2.32. The predicted octanol–water partition coefficient (Wildman–Crippen LogP) is 2.81. The summed E-state index contributed by atoms with van der Waals surface area (Å²) in [4.78, 5) is 4.29. The topological polar surface area (TPSA) is 73.6 Å². The molecule has 0 atom stereocenters. The summed E-state index contributed by atoms with van der Waals surface area (Å²) in [5.41, 5.74) is 0.231. The van der Waals surface area contributed by atoms with E-state index in [1.807, 2.05) is 0 Å². The minimum Gasteiger partial charge on any atom is -0.424 e. The fourth-order valence-corrected chi connectivity index (χ4v) is 3.28. The Hall–Kier alpha value is -0.840. The van der Waals surface area contributed by atoms with Gasteiger partial charge in [-0.25, -0.2) is 4.98 Å². The van der Waals surface area contributed by atoms with Crippen molar-refractivity contribution in [1.82, 2.24) is 4.98 Å². The lowest BCUT2D eigenvalue weighted by Crippen LogP contribution is -2.15. The Morgan fingerprint density at radius 3 is 2.32 bits per heavy atom. The van der Waals surface area contributed by atoms with Gasteiger partial charge in [-0.3, -0.25) is 4.57 Å². The largest absolute Gasteiger partial charge is 0.424 e. The number of aromatic nitrogens is 1. The van der Waals surface area contributed by atoms with Crippen LogP contribution in [0.25, 0.3) is 0 Å². The summed E-state index contributed by atoms with van der Waals surface area (Å²) in [7, 11) is -1.73. The molecule has 0 aliphatic carbocycles. The van der Waals surface area contributed by atoms with Gasteiger partial charge in [0.25, 0.3) is 0 Å². The minimum absolute atomic E-state index is 0.231. The fraction of sp³-hybridized carbons (Fsp3) is 0.750. The number of nitrogens with zero attached hydrogens (tertiary/aromatic N) is 1. The highest BCUT2D eigenvalue weighted by Crippen LogP contribution is 2.48. The number of hydrogen-bond acceptors (Lipinski definition) is 6. The van der Waals surface area contributed by atoms with Gasteiger partial charge >= 0.3 is 7.60 Å². The number of nitrogens with one attached hydrogen (secondary N) is 1. The molecule has 0 unspecified atom stereocenters. The van der Waals surface area contributed by atoms with Crippen LogP contribution in [0.15, 0.2) is 4.42 Å². The zero-order valence-corrected chi connectivity index (χ0v) is 13.1. The molecule has 0 saturated heterocycles. The van der Waals surface area contributed by atoms with E-state index in [1.165, 1.54) is 0 Å². The van der Waals surface area contributed by atoms with Gasteiger partial charge in [-0.05, 0) is 19.8 Å². The highest BCUT2D eigenvalue weighted by Gasteiger charge is 2.35. The smallest absolute Gasteiger partial charge is 0.385 e. The first-order valence-corrected chi connectivity index (χ1v) is 8.08. The summed E-state index contributed by atoms with van der Waals surface area (Å²) in [6.07, 6.45) is 0.674. The Labute approximate surface area is 114 Å². The van der Waals surface area contributed by atoms with Crippen molar-refractivity contribution >= 4 is 18.9 Å². The van der Waals surface area contributed by atoms with Crippen LogP contribution in [-0.4, -0.2) is 25.2 Å². The maximum absolute atomic E-state index is 12.7. The Morgan fingerprint density at radius 1 is 1.32 bits per heavy atom. The van der Waals surface area contributed by atoms with Crippen molar-refractivity contribution in [2.45, 2.75) is 34.1 Å². The molecule has 0 aliphatic rings. The lowest BCUT2D eigenvalue weighted by molar-refractivity contribution is 0.229. The number of anilines is 1. The molecule has 1 aromatic heterocycles. The fourth-order valence-electron chi connectivity index (χ4n) is 1.64. The Bertz CT molecular complexity index is 435. The maximum atomic E-state index is 12.7. The standard InChI is InChI=1S/C12H23N2O4P/c1-6-16-19(15,17-7-2)12-11(13-5)18-10(14-12)8-9(3)4/h9,13H,6-8H2,1-5H3. The molecule has 1 rings (SSSR count). The highest BCUT2D eigenvalue weighted by molar-refractivity contribution is 7.62. The average molecular weight is 290 g/mol. The molecule has 1 aromatic rings. The van der Waals surface area contributed by atoms with Crippen LogP contribution in [0.2, 0.25) is 0 Å². The Balaban J connectivity index is 3.14. The lowest BCUT2D eigenvalue weighted by Gasteiger charge is -2.14. The molecule has 0 bridgehead atoms. The van der Waals surface area contributed by atoms with Gasteiger partial charge in [0.15, 0.2) is 5.89 Å². The van der Waals surface area contributed by atoms with Gasteiger partial charge in [-0.15, -0.1) is 0 Å². The summed E-state index contributed by atoms with van der Waals surface area (Å²) in [6, 6.07) is 0. The van der Waals surface area contributed by atoms with Gasteiger partial charge in [0.1, 0.15) is 0 Å². The van der Waals surface area contributed by atoms with Crippen molar-refractivity contribution in [2.24, 2.45) is 5.92 Å². The third kappa shape index (κ3) is 4.06. The number of hydrogen-bond donors (Lipinski definition) is 1. The predicted molar refractivity (Wildman–Crippen MR) is 75.1 cm³/mol. The normalized spacial score (nSPS) is 12.1. The van der Waals surface area contributed by atoms with Gasteiger partial charge in [-0.1, -0.05) is 13.8 Å². The molecule has 110 valence electrons. The van der Waals surface area contributed by atoms with E-state index in [0.29, 0.717) is 24.1 Å². The van der Waals surface area contributed by atoms with Crippen molar-refractivity contribution < 1.29 is 18.0 Å². The number of oxazole rings is 1. The van der Waals surface area contributed by atoms with E-state index < -0.39 is 7.60 Å². The van der Waals surface area contributed by atoms with Gasteiger partial charge in [-0.2, -0.15) is 0 Å². The van der Waals surface area contributed by atoms with Crippen LogP contribution in [0.5, 0.6) is 0 Å². The summed E-state index contributed by atoms with van der Waals surface area (Å²) in [6.45, 7) is 8.22. The third-order valence-corrected chi connectivity index (χ3v) is 4.34. The van der Waals surface area contributed by atoms with Crippen molar-refractivity contribution in [3.8, 4) is 0 Å². The van der Waals surface area contributed by atoms with E-state index >= 15 is 0 Å². The van der Waals surface area contributed by atoms with Crippen molar-refractivity contribution in [3.63, 3.8) is 0 Å². The van der Waals surface area contributed by atoms with Crippen LogP contribution in [-0.2, 0) is 20.0 Å².